The van der Waals surface area contributed by atoms with E-state index in [2.05, 4.69) is 30.7 Å². The highest BCUT2D eigenvalue weighted by molar-refractivity contribution is 6.32. The number of halogens is 2. The van der Waals surface area contributed by atoms with E-state index in [9.17, 15) is 0 Å². The van der Waals surface area contributed by atoms with Crippen molar-refractivity contribution < 1.29 is 4.52 Å². The number of aromatic nitrogens is 4. The van der Waals surface area contributed by atoms with Crippen molar-refractivity contribution in [2.75, 3.05) is 24.2 Å². The molecule has 0 atom stereocenters. The summed E-state index contributed by atoms with van der Waals surface area (Å²) in [5.41, 5.74) is 1.49. The van der Waals surface area contributed by atoms with Gasteiger partial charge in [-0.05, 0) is 24.3 Å². The van der Waals surface area contributed by atoms with Crippen LogP contribution >= 0.6 is 23.2 Å². The molecule has 0 saturated carbocycles. The molecule has 0 aliphatic carbocycles. The lowest BCUT2D eigenvalue weighted by Crippen LogP contribution is -2.09. The zero-order chi connectivity index (χ0) is 16.9. The fraction of sp³-hybridized carbons (Fsp3) is 0.200. The van der Waals surface area contributed by atoms with Crippen LogP contribution in [0.25, 0.3) is 11.4 Å². The van der Waals surface area contributed by atoms with Crippen molar-refractivity contribution in [2.24, 2.45) is 0 Å². The molecule has 3 rings (SSSR count). The largest absolute Gasteiger partial charge is 0.383 e. The lowest BCUT2D eigenvalue weighted by atomic mass is 10.2. The van der Waals surface area contributed by atoms with Crippen molar-refractivity contribution in [1.29, 1.82) is 0 Å². The monoisotopic (exact) mass is 364 g/mol. The number of benzene rings is 1. The van der Waals surface area contributed by atoms with E-state index in [1.54, 1.807) is 19.2 Å². The van der Waals surface area contributed by atoms with E-state index < -0.39 is 0 Å². The third kappa shape index (κ3) is 3.74. The van der Waals surface area contributed by atoms with E-state index in [0.29, 0.717) is 46.4 Å². The highest BCUT2D eigenvalue weighted by Gasteiger charge is 2.10. The molecule has 2 heterocycles. The van der Waals surface area contributed by atoms with Crippen LogP contribution in [-0.2, 0) is 6.42 Å². The summed E-state index contributed by atoms with van der Waals surface area (Å²) in [6.45, 7) is 0.560. The maximum Gasteiger partial charge on any atom is 0.228 e. The molecule has 0 amide bonds. The maximum atomic E-state index is 6.00. The number of nitrogens with zero attached hydrogens (tertiary/aromatic N) is 4. The predicted molar refractivity (Wildman–Crippen MR) is 93.5 cm³/mol. The molecule has 2 aromatic heterocycles. The normalized spacial score (nSPS) is 10.6. The SMILES string of the molecule is CNc1c(Cl)ncnc1NCCc1nc(-c2ccc(Cl)cc2)no1. The van der Waals surface area contributed by atoms with Gasteiger partial charge in [-0.2, -0.15) is 4.98 Å². The Labute approximate surface area is 148 Å². The Balaban J connectivity index is 1.62. The standard InChI is InChI=1S/C15H14Cl2N6O/c1-18-12-13(17)20-8-21-15(12)19-7-6-11-22-14(23-24-11)9-2-4-10(16)5-3-9/h2-5,8,18H,6-7H2,1H3,(H,19,20,21). The molecule has 124 valence electrons. The van der Waals surface area contributed by atoms with E-state index in [-0.39, 0.29) is 0 Å². The molecule has 0 fully saturated rings. The summed E-state index contributed by atoms with van der Waals surface area (Å²) in [5.74, 6) is 1.68. The summed E-state index contributed by atoms with van der Waals surface area (Å²) in [7, 11) is 1.76. The van der Waals surface area contributed by atoms with Crippen LogP contribution < -0.4 is 10.6 Å². The minimum absolute atomic E-state index is 0.359. The van der Waals surface area contributed by atoms with Crippen molar-refractivity contribution in [3.05, 3.63) is 46.7 Å². The van der Waals surface area contributed by atoms with E-state index >= 15 is 0 Å². The summed E-state index contributed by atoms with van der Waals surface area (Å²) in [6.07, 6.45) is 1.95. The summed E-state index contributed by atoms with van der Waals surface area (Å²) < 4.78 is 5.26. The van der Waals surface area contributed by atoms with Crippen molar-refractivity contribution in [2.45, 2.75) is 6.42 Å². The Bertz CT molecular complexity index is 821. The van der Waals surface area contributed by atoms with Crippen LogP contribution in [0.2, 0.25) is 10.2 Å². The van der Waals surface area contributed by atoms with E-state index in [0.717, 1.165) is 5.56 Å². The van der Waals surface area contributed by atoms with Gasteiger partial charge in [0.15, 0.2) is 11.0 Å². The second kappa shape index (κ2) is 7.46. The third-order valence-electron chi connectivity index (χ3n) is 3.25. The first kappa shape index (κ1) is 16.5. The zero-order valence-electron chi connectivity index (χ0n) is 12.8. The van der Waals surface area contributed by atoms with Gasteiger partial charge in [0.2, 0.25) is 11.7 Å². The van der Waals surface area contributed by atoms with Crippen LogP contribution in [0, 0.1) is 0 Å². The van der Waals surface area contributed by atoms with Crippen LogP contribution in [0.15, 0.2) is 35.1 Å². The Morgan fingerprint density at radius 3 is 2.67 bits per heavy atom. The molecule has 3 aromatic rings. The highest BCUT2D eigenvalue weighted by atomic mass is 35.5. The average molecular weight is 365 g/mol. The molecule has 7 nitrogen and oxygen atoms in total. The molecule has 0 spiro atoms. The first-order valence-corrected chi connectivity index (χ1v) is 7.93. The van der Waals surface area contributed by atoms with Gasteiger partial charge in [-0.25, -0.2) is 9.97 Å². The first-order valence-electron chi connectivity index (χ1n) is 7.18. The second-order valence-electron chi connectivity index (χ2n) is 4.83. The van der Waals surface area contributed by atoms with E-state index in [4.69, 9.17) is 27.7 Å². The van der Waals surface area contributed by atoms with Gasteiger partial charge < -0.3 is 15.2 Å². The smallest absolute Gasteiger partial charge is 0.228 e. The summed E-state index contributed by atoms with van der Waals surface area (Å²) in [5, 5.41) is 11.1. The molecule has 1 aromatic carbocycles. The lowest BCUT2D eigenvalue weighted by molar-refractivity contribution is 0.381. The number of rotatable bonds is 6. The topological polar surface area (TPSA) is 88.8 Å². The van der Waals surface area contributed by atoms with Gasteiger partial charge in [0.25, 0.3) is 0 Å². The summed E-state index contributed by atoms with van der Waals surface area (Å²) in [4.78, 5) is 12.4. The van der Waals surface area contributed by atoms with Crippen LogP contribution in [0.5, 0.6) is 0 Å². The first-order chi connectivity index (χ1) is 11.7. The number of anilines is 2. The molecule has 0 aliphatic rings. The third-order valence-corrected chi connectivity index (χ3v) is 3.79. The number of hydrogen-bond acceptors (Lipinski definition) is 7. The Hall–Kier alpha value is -2.38. The van der Waals surface area contributed by atoms with E-state index in [1.807, 2.05) is 12.1 Å². The molecule has 0 bridgehead atoms. The molecular formula is C15H14Cl2N6O. The van der Waals surface area contributed by atoms with Gasteiger partial charge in [-0.15, -0.1) is 0 Å². The fourth-order valence-corrected chi connectivity index (χ4v) is 2.43. The van der Waals surface area contributed by atoms with Crippen molar-refractivity contribution in [3.63, 3.8) is 0 Å². The minimum atomic E-state index is 0.359. The van der Waals surface area contributed by atoms with Crippen LogP contribution in [-0.4, -0.2) is 33.7 Å². The molecule has 0 radical (unpaired) electrons. The summed E-state index contributed by atoms with van der Waals surface area (Å²) in [6, 6.07) is 7.26. The quantitative estimate of drug-likeness (QED) is 0.646. The molecule has 2 N–H and O–H groups in total. The Kier molecular flexibility index (Phi) is 5.12. The molecule has 0 aliphatic heterocycles. The highest BCUT2D eigenvalue weighted by Crippen LogP contribution is 2.25. The summed E-state index contributed by atoms with van der Waals surface area (Å²) >= 11 is 11.9. The van der Waals surface area contributed by atoms with E-state index in [1.165, 1.54) is 6.33 Å². The minimum Gasteiger partial charge on any atom is -0.383 e. The Morgan fingerprint density at radius 2 is 1.92 bits per heavy atom. The van der Waals surface area contributed by atoms with Crippen molar-refractivity contribution in [3.8, 4) is 11.4 Å². The van der Waals surface area contributed by atoms with Gasteiger partial charge in [0.1, 0.15) is 12.0 Å². The number of nitrogens with one attached hydrogen (secondary N) is 2. The van der Waals surface area contributed by atoms with Gasteiger partial charge in [-0.3, -0.25) is 0 Å². The second-order valence-corrected chi connectivity index (χ2v) is 5.63. The van der Waals surface area contributed by atoms with Crippen molar-refractivity contribution >= 4 is 34.7 Å². The Morgan fingerprint density at radius 1 is 1.12 bits per heavy atom. The van der Waals surface area contributed by atoms with Crippen LogP contribution in [0.4, 0.5) is 11.5 Å². The van der Waals surface area contributed by atoms with Crippen LogP contribution in [0.3, 0.4) is 0 Å². The maximum absolute atomic E-state index is 6.00. The predicted octanol–water partition coefficient (Wildman–Crippen LogP) is 3.53. The van der Waals surface area contributed by atoms with Crippen molar-refractivity contribution in [1.82, 2.24) is 20.1 Å². The molecule has 0 unspecified atom stereocenters. The average Bonchev–Trinajstić information content (AvgIpc) is 3.04. The zero-order valence-corrected chi connectivity index (χ0v) is 14.3. The van der Waals surface area contributed by atoms with Gasteiger partial charge in [-0.1, -0.05) is 28.4 Å². The van der Waals surface area contributed by atoms with Gasteiger partial charge >= 0.3 is 0 Å². The van der Waals surface area contributed by atoms with Crippen LogP contribution in [0.1, 0.15) is 5.89 Å². The van der Waals surface area contributed by atoms with Gasteiger partial charge in [0, 0.05) is 30.6 Å². The molecule has 24 heavy (non-hydrogen) atoms. The number of hydrogen-bond donors (Lipinski definition) is 2. The van der Waals surface area contributed by atoms with Gasteiger partial charge in [0.05, 0.1) is 0 Å². The molecule has 9 heteroatoms. The molecule has 0 saturated heterocycles. The molecular weight excluding hydrogens is 351 g/mol. The fourth-order valence-electron chi connectivity index (χ4n) is 2.08. The lowest BCUT2D eigenvalue weighted by Gasteiger charge is -2.10.